The minimum absolute atomic E-state index is 0.248. The standard InChI is InChI=1S/C15H26N2/c1-15(2,3)14-7-5-13(6-8-14)9-12-17-11-4-10-16/h5-8,17H,4,9-12,16H2,1-3H3. The zero-order chi connectivity index (χ0) is 12.7. The van der Waals surface area contributed by atoms with Gasteiger partial charge >= 0.3 is 0 Å². The molecule has 2 heteroatoms. The van der Waals surface area contributed by atoms with Gasteiger partial charge in [-0.15, -0.1) is 0 Å². The van der Waals surface area contributed by atoms with Crippen molar-refractivity contribution in [2.75, 3.05) is 19.6 Å². The lowest BCUT2D eigenvalue weighted by Crippen LogP contribution is -2.20. The van der Waals surface area contributed by atoms with Crippen LogP contribution < -0.4 is 11.1 Å². The molecule has 17 heavy (non-hydrogen) atoms. The largest absolute Gasteiger partial charge is 0.330 e. The normalized spacial score (nSPS) is 11.8. The van der Waals surface area contributed by atoms with Gasteiger partial charge in [-0.2, -0.15) is 0 Å². The maximum Gasteiger partial charge on any atom is -0.000834 e. The fraction of sp³-hybridized carbons (Fsp3) is 0.600. The van der Waals surface area contributed by atoms with Crippen LogP contribution in [0.1, 0.15) is 38.3 Å². The van der Waals surface area contributed by atoms with Gasteiger partial charge in [-0.1, -0.05) is 45.0 Å². The van der Waals surface area contributed by atoms with Crippen molar-refractivity contribution in [1.82, 2.24) is 5.32 Å². The molecule has 0 unspecified atom stereocenters. The van der Waals surface area contributed by atoms with E-state index >= 15 is 0 Å². The fourth-order valence-corrected chi connectivity index (χ4v) is 1.76. The Labute approximate surface area is 106 Å². The van der Waals surface area contributed by atoms with Crippen LogP contribution in [-0.2, 0) is 11.8 Å². The molecule has 0 aliphatic carbocycles. The van der Waals surface area contributed by atoms with E-state index in [0.29, 0.717) is 0 Å². The first kappa shape index (κ1) is 14.2. The first-order valence-electron chi connectivity index (χ1n) is 6.54. The predicted molar refractivity (Wildman–Crippen MR) is 75.4 cm³/mol. The summed E-state index contributed by atoms with van der Waals surface area (Å²) in [7, 11) is 0. The molecular weight excluding hydrogens is 208 g/mol. The fourth-order valence-electron chi connectivity index (χ4n) is 1.76. The van der Waals surface area contributed by atoms with E-state index in [2.05, 4.69) is 50.4 Å². The number of hydrogen-bond acceptors (Lipinski definition) is 2. The van der Waals surface area contributed by atoms with Gasteiger partial charge in [0, 0.05) is 0 Å². The lowest BCUT2D eigenvalue weighted by Gasteiger charge is -2.19. The number of benzene rings is 1. The molecule has 0 amide bonds. The SMILES string of the molecule is CC(C)(C)c1ccc(CCNCCCN)cc1. The van der Waals surface area contributed by atoms with E-state index < -0.39 is 0 Å². The molecule has 0 fully saturated rings. The highest BCUT2D eigenvalue weighted by Gasteiger charge is 2.12. The van der Waals surface area contributed by atoms with Crippen molar-refractivity contribution < 1.29 is 0 Å². The summed E-state index contributed by atoms with van der Waals surface area (Å²) in [5.41, 5.74) is 8.49. The monoisotopic (exact) mass is 234 g/mol. The predicted octanol–water partition coefficient (Wildman–Crippen LogP) is 2.46. The summed E-state index contributed by atoms with van der Waals surface area (Å²) in [5.74, 6) is 0. The molecule has 0 radical (unpaired) electrons. The maximum atomic E-state index is 5.44. The van der Waals surface area contributed by atoms with E-state index in [1.165, 1.54) is 11.1 Å². The van der Waals surface area contributed by atoms with Crippen LogP contribution in [0.25, 0.3) is 0 Å². The van der Waals surface area contributed by atoms with Crippen LogP contribution in [0.2, 0.25) is 0 Å². The molecule has 3 N–H and O–H groups in total. The van der Waals surface area contributed by atoms with Crippen LogP contribution in [0.15, 0.2) is 24.3 Å². The van der Waals surface area contributed by atoms with Crippen LogP contribution in [0, 0.1) is 0 Å². The Morgan fingerprint density at radius 3 is 2.24 bits per heavy atom. The molecule has 0 atom stereocenters. The minimum atomic E-state index is 0.248. The van der Waals surface area contributed by atoms with Gasteiger partial charge in [-0.3, -0.25) is 0 Å². The summed E-state index contributed by atoms with van der Waals surface area (Å²) in [4.78, 5) is 0. The Morgan fingerprint density at radius 1 is 1.06 bits per heavy atom. The molecule has 0 aromatic heterocycles. The second-order valence-electron chi connectivity index (χ2n) is 5.59. The average molecular weight is 234 g/mol. The summed E-state index contributed by atoms with van der Waals surface area (Å²) < 4.78 is 0. The Hall–Kier alpha value is -0.860. The van der Waals surface area contributed by atoms with Gasteiger partial charge in [0.05, 0.1) is 0 Å². The van der Waals surface area contributed by atoms with Crippen LogP contribution in [-0.4, -0.2) is 19.6 Å². The Bertz CT molecular complexity index is 309. The van der Waals surface area contributed by atoms with Crippen molar-refractivity contribution in [3.63, 3.8) is 0 Å². The molecule has 0 saturated heterocycles. The number of nitrogens with two attached hydrogens (primary N) is 1. The van der Waals surface area contributed by atoms with Crippen molar-refractivity contribution in [3.05, 3.63) is 35.4 Å². The van der Waals surface area contributed by atoms with E-state index in [9.17, 15) is 0 Å². The van der Waals surface area contributed by atoms with Crippen molar-refractivity contribution in [1.29, 1.82) is 0 Å². The molecule has 0 aliphatic rings. The van der Waals surface area contributed by atoms with Gasteiger partial charge in [-0.05, 0) is 49.0 Å². The summed E-state index contributed by atoms with van der Waals surface area (Å²) in [5, 5.41) is 3.40. The molecular formula is C15H26N2. The Balaban J connectivity index is 2.36. The van der Waals surface area contributed by atoms with E-state index in [-0.39, 0.29) is 5.41 Å². The lowest BCUT2D eigenvalue weighted by molar-refractivity contribution is 0.589. The third kappa shape index (κ3) is 5.33. The van der Waals surface area contributed by atoms with E-state index in [0.717, 1.165) is 32.5 Å². The zero-order valence-corrected chi connectivity index (χ0v) is 11.4. The molecule has 0 bridgehead atoms. The quantitative estimate of drug-likeness (QED) is 0.742. The maximum absolute atomic E-state index is 5.44. The van der Waals surface area contributed by atoms with E-state index in [4.69, 9.17) is 5.73 Å². The second kappa shape index (κ2) is 6.77. The highest BCUT2D eigenvalue weighted by atomic mass is 14.8. The van der Waals surface area contributed by atoms with Gasteiger partial charge in [0.1, 0.15) is 0 Å². The third-order valence-corrected chi connectivity index (χ3v) is 2.97. The smallest absolute Gasteiger partial charge is 0.000834 e. The zero-order valence-electron chi connectivity index (χ0n) is 11.4. The van der Waals surface area contributed by atoms with Gasteiger partial charge in [0.25, 0.3) is 0 Å². The molecule has 96 valence electrons. The topological polar surface area (TPSA) is 38.0 Å². The van der Waals surface area contributed by atoms with Crippen LogP contribution in [0.5, 0.6) is 0 Å². The molecule has 0 spiro atoms. The second-order valence-corrected chi connectivity index (χ2v) is 5.59. The highest BCUT2D eigenvalue weighted by Crippen LogP contribution is 2.22. The van der Waals surface area contributed by atoms with Crippen LogP contribution in [0.4, 0.5) is 0 Å². The van der Waals surface area contributed by atoms with Crippen molar-refractivity contribution in [2.45, 2.75) is 39.0 Å². The molecule has 0 heterocycles. The highest BCUT2D eigenvalue weighted by molar-refractivity contribution is 5.27. The van der Waals surface area contributed by atoms with Crippen molar-refractivity contribution in [2.24, 2.45) is 5.73 Å². The van der Waals surface area contributed by atoms with E-state index in [1.807, 2.05) is 0 Å². The summed E-state index contributed by atoms with van der Waals surface area (Å²) >= 11 is 0. The van der Waals surface area contributed by atoms with Crippen molar-refractivity contribution >= 4 is 0 Å². The lowest BCUT2D eigenvalue weighted by atomic mass is 9.86. The minimum Gasteiger partial charge on any atom is -0.330 e. The van der Waals surface area contributed by atoms with Gasteiger partial charge in [0.2, 0.25) is 0 Å². The van der Waals surface area contributed by atoms with Crippen molar-refractivity contribution in [3.8, 4) is 0 Å². The molecule has 1 aromatic carbocycles. The number of rotatable bonds is 6. The molecule has 2 nitrogen and oxygen atoms in total. The number of nitrogens with one attached hydrogen (secondary N) is 1. The Kier molecular flexibility index (Phi) is 5.66. The van der Waals surface area contributed by atoms with E-state index in [1.54, 1.807) is 0 Å². The summed E-state index contributed by atoms with van der Waals surface area (Å²) in [6.45, 7) is 9.57. The summed E-state index contributed by atoms with van der Waals surface area (Å²) in [6, 6.07) is 8.97. The summed E-state index contributed by atoms with van der Waals surface area (Å²) in [6.07, 6.45) is 2.15. The molecule has 0 aliphatic heterocycles. The third-order valence-electron chi connectivity index (χ3n) is 2.97. The van der Waals surface area contributed by atoms with Gasteiger partial charge in [0.15, 0.2) is 0 Å². The van der Waals surface area contributed by atoms with Crippen LogP contribution >= 0.6 is 0 Å². The first-order valence-corrected chi connectivity index (χ1v) is 6.54. The van der Waals surface area contributed by atoms with Gasteiger partial charge < -0.3 is 11.1 Å². The first-order chi connectivity index (χ1) is 8.04. The number of hydrogen-bond donors (Lipinski definition) is 2. The molecule has 1 rings (SSSR count). The Morgan fingerprint density at radius 2 is 1.71 bits per heavy atom. The average Bonchev–Trinajstić information content (AvgIpc) is 2.28. The van der Waals surface area contributed by atoms with Gasteiger partial charge in [-0.25, -0.2) is 0 Å². The molecule has 1 aromatic rings. The molecule has 0 saturated carbocycles. The van der Waals surface area contributed by atoms with Crippen LogP contribution in [0.3, 0.4) is 0 Å².